The zero-order valence-electron chi connectivity index (χ0n) is 41.0. The Bertz CT molecular complexity index is 1770. The summed E-state index contributed by atoms with van der Waals surface area (Å²) >= 11 is 0. The highest BCUT2D eigenvalue weighted by molar-refractivity contribution is 5.87. The predicted molar refractivity (Wildman–Crippen MR) is 237 cm³/mol. The molecule has 3 N–H and O–H groups in total. The molecule has 6 fully saturated rings. The number of hydrogen-bond donors (Lipinski definition) is 3. The Morgan fingerprint density at radius 3 is 2.12 bits per heavy atom. The number of aliphatic hydroxyl groups is 3. The monoisotopic (exact) mass is 921 g/mol. The lowest BCUT2D eigenvalue weighted by molar-refractivity contribution is -0.331. The van der Waals surface area contributed by atoms with Crippen LogP contribution in [0.2, 0.25) is 0 Å². The summed E-state index contributed by atoms with van der Waals surface area (Å²) in [6.07, 6.45) is 3.63. The van der Waals surface area contributed by atoms with E-state index in [-0.39, 0.29) is 80.2 Å². The van der Waals surface area contributed by atoms with Crippen LogP contribution in [0, 0.1) is 28.6 Å². The van der Waals surface area contributed by atoms with E-state index >= 15 is 0 Å². The maximum Gasteiger partial charge on any atom is 0.330 e. The Kier molecular flexibility index (Phi) is 15.3. The third-order valence-corrected chi connectivity index (χ3v) is 17.5. The van der Waals surface area contributed by atoms with Crippen molar-refractivity contribution in [2.24, 2.45) is 28.6 Å². The summed E-state index contributed by atoms with van der Waals surface area (Å²) in [7, 11) is 5.09. The van der Waals surface area contributed by atoms with Crippen LogP contribution in [-0.2, 0) is 57.0 Å². The number of carbonyl (C=O) groups excluding carboxylic acids is 2. The zero-order chi connectivity index (χ0) is 47.4. The van der Waals surface area contributed by atoms with Crippen LogP contribution < -0.4 is 0 Å². The molecule has 0 aromatic rings. The Labute approximate surface area is 386 Å². The van der Waals surface area contributed by atoms with Gasteiger partial charge in [-0.1, -0.05) is 38.0 Å². The lowest BCUT2D eigenvalue weighted by Crippen LogP contribution is -2.78. The van der Waals surface area contributed by atoms with Gasteiger partial charge in [0.1, 0.15) is 29.0 Å². The second kappa shape index (κ2) is 19.5. The van der Waals surface area contributed by atoms with Gasteiger partial charge in [-0.2, -0.15) is 0 Å². The minimum atomic E-state index is -2.01. The average molecular weight is 921 g/mol. The summed E-state index contributed by atoms with van der Waals surface area (Å²) in [5.41, 5.74) is -5.97. The van der Waals surface area contributed by atoms with Crippen LogP contribution in [0.3, 0.4) is 0 Å². The fraction of sp³-hybridized carbons (Fsp3) is 0.880. The molecule has 7 rings (SSSR count). The molecule has 0 bridgehead atoms. The molecule has 3 saturated carbocycles. The van der Waals surface area contributed by atoms with E-state index in [2.05, 4.69) is 6.92 Å². The molecule has 0 radical (unpaired) electrons. The molecule has 19 atom stereocenters. The quantitative estimate of drug-likeness (QED) is 0.107. The number of carbonyl (C=O) groups is 2. The van der Waals surface area contributed by atoms with Crippen molar-refractivity contribution in [3.8, 4) is 0 Å². The predicted octanol–water partition coefficient (Wildman–Crippen LogP) is 5.87. The largest absolute Gasteiger partial charge is 0.458 e. The molecular formula is C50H80O15. The fourth-order valence-electron chi connectivity index (χ4n) is 13.2. The second-order valence-electron chi connectivity index (χ2n) is 21.4. The van der Waals surface area contributed by atoms with E-state index in [0.29, 0.717) is 45.1 Å². The third-order valence-electron chi connectivity index (χ3n) is 17.5. The van der Waals surface area contributed by atoms with Crippen LogP contribution in [0.15, 0.2) is 23.3 Å². The van der Waals surface area contributed by atoms with Gasteiger partial charge in [-0.3, -0.25) is 4.79 Å². The van der Waals surface area contributed by atoms with E-state index in [1.165, 1.54) is 13.0 Å². The van der Waals surface area contributed by atoms with Crippen molar-refractivity contribution in [2.75, 3.05) is 27.9 Å². The summed E-state index contributed by atoms with van der Waals surface area (Å²) in [5.74, 6) is -1.56. The summed E-state index contributed by atoms with van der Waals surface area (Å²) in [6, 6.07) is 0. The smallest absolute Gasteiger partial charge is 0.330 e. The van der Waals surface area contributed by atoms with E-state index < -0.39 is 76.4 Å². The van der Waals surface area contributed by atoms with Gasteiger partial charge in [0.05, 0.1) is 54.7 Å². The minimum absolute atomic E-state index is 0.00504. The minimum Gasteiger partial charge on any atom is -0.458 e. The van der Waals surface area contributed by atoms with Crippen LogP contribution in [0.1, 0.15) is 133 Å². The number of methoxy groups -OCH3 is 3. The number of rotatable bonds is 14. The first-order valence-electron chi connectivity index (χ1n) is 24.3. The highest BCUT2D eigenvalue weighted by atomic mass is 16.7. The first-order chi connectivity index (χ1) is 30.6. The molecule has 15 nitrogen and oxygen atoms in total. The number of ether oxygens (including phenoxy) is 10. The summed E-state index contributed by atoms with van der Waals surface area (Å²) in [5, 5.41) is 37.9. The van der Waals surface area contributed by atoms with E-state index in [4.69, 9.17) is 47.4 Å². The molecule has 0 spiro atoms. The van der Waals surface area contributed by atoms with Crippen LogP contribution in [0.4, 0.5) is 0 Å². The van der Waals surface area contributed by atoms with Gasteiger partial charge < -0.3 is 62.7 Å². The summed E-state index contributed by atoms with van der Waals surface area (Å²) < 4.78 is 62.7. The molecule has 4 aliphatic carbocycles. The van der Waals surface area contributed by atoms with Crippen molar-refractivity contribution in [3.63, 3.8) is 0 Å². The van der Waals surface area contributed by atoms with Gasteiger partial charge >= 0.3 is 5.97 Å². The van der Waals surface area contributed by atoms with E-state index in [1.54, 1.807) is 28.3 Å². The SMILES string of the molecule is COC[C@H]1C[C@H](O[C@H]2[C@@H](OC)C[C@H](O[C@H]3CC[C@@]4(C)C(=CC[C@]5(O)[C@@H]4C[C@@H](OC(=O)/C=C(\C)C(C)C)[C@@]4(C)[C@]5(O)CC[C@@]4(O)C(C)=O)C3)O[C@@H]2C)O[C@@H](C)[C@H]1O[C@H]1C[C@H](OC)C[C@@H](C)O1. The van der Waals surface area contributed by atoms with Crippen LogP contribution >= 0.6 is 0 Å². The van der Waals surface area contributed by atoms with Crippen LogP contribution in [0.5, 0.6) is 0 Å². The number of esters is 1. The van der Waals surface area contributed by atoms with Gasteiger partial charge in [0, 0.05) is 58.5 Å². The van der Waals surface area contributed by atoms with Gasteiger partial charge in [-0.15, -0.1) is 0 Å². The highest BCUT2D eigenvalue weighted by Crippen LogP contribution is 2.71. The lowest BCUT2D eigenvalue weighted by Gasteiger charge is -2.67. The Balaban J connectivity index is 1.02. The maximum atomic E-state index is 13.5. The molecule has 15 heteroatoms. The molecule has 7 aliphatic rings. The van der Waals surface area contributed by atoms with Gasteiger partial charge in [0.15, 0.2) is 24.7 Å². The zero-order valence-corrected chi connectivity index (χ0v) is 41.0. The highest BCUT2D eigenvalue weighted by Gasteiger charge is 2.81. The molecule has 0 aromatic carbocycles. The molecular weight excluding hydrogens is 841 g/mol. The van der Waals surface area contributed by atoms with E-state index in [1.807, 2.05) is 47.6 Å². The second-order valence-corrected chi connectivity index (χ2v) is 21.4. The molecule has 65 heavy (non-hydrogen) atoms. The van der Waals surface area contributed by atoms with Crippen LogP contribution in [-0.4, -0.2) is 146 Å². The van der Waals surface area contributed by atoms with E-state index in [9.17, 15) is 24.9 Å². The average Bonchev–Trinajstić information content (AvgIpc) is 3.48. The number of hydrogen-bond acceptors (Lipinski definition) is 15. The lowest BCUT2D eigenvalue weighted by atomic mass is 9.42. The molecule has 0 unspecified atom stereocenters. The Hall–Kier alpha value is -1.86. The van der Waals surface area contributed by atoms with Crippen molar-refractivity contribution in [1.82, 2.24) is 0 Å². The first kappa shape index (κ1) is 51.0. The van der Waals surface area contributed by atoms with E-state index in [0.717, 1.165) is 17.6 Å². The molecule has 3 heterocycles. The Morgan fingerprint density at radius 1 is 0.815 bits per heavy atom. The summed E-state index contributed by atoms with van der Waals surface area (Å²) in [6.45, 7) is 17.3. The van der Waals surface area contributed by atoms with Crippen molar-refractivity contribution in [3.05, 3.63) is 23.3 Å². The number of Topliss-reactive ketones (excluding diaryl/α,β-unsaturated/α-hetero) is 1. The molecule has 3 saturated heterocycles. The molecule has 370 valence electrons. The van der Waals surface area contributed by atoms with Gasteiger partial charge in [0.25, 0.3) is 0 Å². The van der Waals surface area contributed by atoms with Gasteiger partial charge in [0.2, 0.25) is 0 Å². The topological polar surface area (TPSA) is 187 Å². The van der Waals surface area contributed by atoms with Crippen molar-refractivity contribution < 1.29 is 72.3 Å². The third kappa shape index (κ3) is 9.10. The normalized spacial score (nSPS) is 47.9. The van der Waals surface area contributed by atoms with Crippen LogP contribution in [0.25, 0.3) is 0 Å². The molecule has 3 aliphatic heterocycles. The number of ketones is 1. The van der Waals surface area contributed by atoms with Crippen molar-refractivity contribution in [1.29, 1.82) is 0 Å². The Morgan fingerprint density at radius 2 is 1.48 bits per heavy atom. The van der Waals surface area contributed by atoms with Gasteiger partial charge in [-0.05, 0) is 104 Å². The van der Waals surface area contributed by atoms with Gasteiger partial charge in [-0.25, -0.2) is 4.79 Å². The first-order valence-corrected chi connectivity index (χ1v) is 24.3. The van der Waals surface area contributed by atoms with Crippen molar-refractivity contribution >= 4 is 11.8 Å². The standard InChI is InChI=1S/C50H80O15/c1-27(2)28(3)19-40(52)63-39-25-38-46(8)15-14-35(22-34(46)13-16-49(38,54)50(55)18-17-48(53,32(7)51)47(39,50)9)62-43-24-37(58-12)45(31(6)61-43)65-41-21-33(26-56-10)44(30(5)60-41)64-42-23-36(57-11)20-29(4)59-42/h13,19,27,29-31,33,35-39,41-45,53-55H,14-18,20-26H2,1-12H3/b28-19+/t29-,30+,31-,33-,35+,36-,37+,38-,39-,41+,42+,43+,44-,45-,46+,47-,48-,49+,50-/m1/s1. The number of allylic oxidation sites excluding steroid dienone is 1. The fourth-order valence-corrected chi connectivity index (χ4v) is 13.2. The molecule has 0 amide bonds. The number of fused-ring (bicyclic) bond motifs is 5. The molecule has 0 aromatic heterocycles. The van der Waals surface area contributed by atoms with Crippen molar-refractivity contribution in [2.45, 2.75) is 224 Å². The summed E-state index contributed by atoms with van der Waals surface area (Å²) in [4.78, 5) is 26.8. The maximum absolute atomic E-state index is 13.5.